The van der Waals surface area contributed by atoms with Gasteiger partial charge in [-0.1, -0.05) is 127 Å². The molecule has 0 N–H and O–H groups in total. The Morgan fingerprint density at radius 1 is 0.319 bits per heavy atom. The zero-order chi connectivity index (χ0) is 31.2. The van der Waals surface area contributed by atoms with Crippen molar-refractivity contribution in [3.63, 3.8) is 0 Å². The standard InChI is InChI=1S/C43H28N4/c1-2-10-29(11-3-1)31-18-21-32(22-19-31)41-44-42(46-43(45-41)35-23-20-30-12-4-5-13-34(30)28-35)33-24-26-36(27-25-33)47-39-16-8-6-14-37(39)38-15-7-9-17-40(38)47/h1-28H. The van der Waals surface area contributed by atoms with Gasteiger partial charge in [-0.25, -0.2) is 15.0 Å². The molecule has 0 unspecified atom stereocenters. The van der Waals surface area contributed by atoms with Gasteiger partial charge >= 0.3 is 0 Å². The van der Waals surface area contributed by atoms with Crippen LogP contribution < -0.4 is 0 Å². The first kappa shape index (κ1) is 27.0. The summed E-state index contributed by atoms with van der Waals surface area (Å²) in [6.45, 7) is 0. The summed E-state index contributed by atoms with van der Waals surface area (Å²) in [5, 5.41) is 4.82. The van der Waals surface area contributed by atoms with Crippen LogP contribution in [0.3, 0.4) is 0 Å². The molecular weight excluding hydrogens is 573 g/mol. The summed E-state index contributed by atoms with van der Waals surface area (Å²) in [5.41, 5.74) is 8.61. The van der Waals surface area contributed by atoms with Gasteiger partial charge in [0, 0.05) is 33.2 Å². The molecule has 0 amide bonds. The highest BCUT2D eigenvalue weighted by Gasteiger charge is 2.15. The van der Waals surface area contributed by atoms with Crippen molar-refractivity contribution >= 4 is 32.6 Å². The maximum Gasteiger partial charge on any atom is 0.164 e. The molecule has 7 aromatic carbocycles. The van der Waals surface area contributed by atoms with Crippen molar-refractivity contribution < 1.29 is 0 Å². The van der Waals surface area contributed by atoms with E-state index in [2.05, 4.69) is 168 Å². The van der Waals surface area contributed by atoms with Crippen molar-refractivity contribution in [1.82, 2.24) is 19.5 Å². The van der Waals surface area contributed by atoms with Crippen LogP contribution in [0, 0.1) is 0 Å². The highest BCUT2D eigenvalue weighted by molar-refractivity contribution is 6.09. The first-order valence-electron chi connectivity index (χ1n) is 15.8. The van der Waals surface area contributed by atoms with Crippen LogP contribution in [0.15, 0.2) is 170 Å². The number of hydrogen-bond acceptors (Lipinski definition) is 3. The molecule has 0 aliphatic carbocycles. The van der Waals surface area contributed by atoms with Crippen LogP contribution in [-0.2, 0) is 0 Å². The molecule has 0 fully saturated rings. The third-order valence-corrected chi connectivity index (χ3v) is 8.86. The lowest BCUT2D eigenvalue weighted by Gasteiger charge is -2.11. The summed E-state index contributed by atoms with van der Waals surface area (Å²) >= 11 is 0. The van der Waals surface area contributed by atoms with Crippen molar-refractivity contribution in [2.24, 2.45) is 0 Å². The predicted octanol–water partition coefficient (Wildman–Crippen LogP) is 10.8. The summed E-state index contributed by atoms with van der Waals surface area (Å²) in [7, 11) is 0. The van der Waals surface area contributed by atoms with Gasteiger partial charge in [-0.3, -0.25) is 0 Å². The summed E-state index contributed by atoms with van der Waals surface area (Å²) < 4.78 is 2.32. The summed E-state index contributed by atoms with van der Waals surface area (Å²) in [6, 6.07) is 59.3. The highest BCUT2D eigenvalue weighted by Crippen LogP contribution is 2.33. The lowest BCUT2D eigenvalue weighted by molar-refractivity contribution is 1.07. The maximum absolute atomic E-state index is 5.03. The molecular formula is C43H28N4. The van der Waals surface area contributed by atoms with E-state index in [9.17, 15) is 0 Å². The molecule has 0 aliphatic heterocycles. The van der Waals surface area contributed by atoms with E-state index < -0.39 is 0 Å². The van der Waals surface area contributed by atoms with Gasteiger partial charge in [0.1, 0.15) is 0 Å². The smallest absolute Gasteiger partial charge is 0.164 e. The lowest BCUT2D eigenvalue weighted by Crippen LogP contribution is -2.00. The van der Waals surface area contributed by atoms with Gasteiger partial charge < -0.3 is 4.57 Å². The quantitative estimate of drug-likeness (QED) is 0.197. The summed E-state index contributed by atoms with van der Waals surface area (Å²) in [4.78, 5) is 15.1. The molecule has 220 valence electrons. The van der Waals surface area contributed by atoms with Crippen molar-refractivity contribution in [3.8, 4) is 51.0 Å². The van der Waals surface area contributed by atoms with E-state index in [1.54, 1.807) is 0 Å². The van der Waals surface area contributed by atoms with Crippen LogP contribution in [0.25, 0.3) is 83.6 Å². The van der Waals surface area contributed by atoms with E-state index in [1.165, 1.54) is 32.8 Å². The molecule has 2 heterocycles. The number of fused-ring (bicyclic) bond motifs is 4. The van der Waals surface area contributed by atoms with E-state index in [4.69, 9.17) is 15.0 Å². The third kappa shape index (κ3) is 4.84. The Hall–Kier alpha value is -6.39. The highest BCUT2D eigenvalue weighted by atomic mass is 15.0. The van der Waals surface area contributed by atoms with Gasteiger partial charge in [0.15, 0.2) is 17.5 Å². The van der Waals surface area contributed by atoms with Crippen molar-refractivity contribution in [3.05, 3.63) is 170 Å². The second-order valence-corrected chi connectivity index (χ2v) is 11.7. The fourth-order valence-corrected chi connectivity index (χ4v) is 6.49. The molecule has 2 aromatic heterocycles. The molecule has 4 heteroatoms. The largest absolute Gasteiger partial charge is 0.309 e. The topological polar surface area (TPSA) is 43.6 Å². The average molecular weight is 601 g/mol. The first-order chi connectivity index (χ1) is 23.3. The fraction of sp³-hybridized carbons (Fsp3) is 0. The first-order valence-corrected chi connectivity index (χ1v) is 15.8. The molecule has 0 saturated carbocycles. The zero-order valence-corrected chi connectivity index (χ0v) is 25.5. The minimum Gasteiger partial charge on any atom is -0.309 e. The molecule has 9 rings (SSSR count). The Bertz CT molecular complexity index is 2500. The normalized spacial score (nSPS) is 11.4. The fourth-order valence-electron chi connectivity index (χ4n) is 6.49. The van der Waals surface area contributed by atoms with Crippen LogP contribution in [0.2, 0.25) is 0 Å². The van der Waals surface area contributed by atoms with Gasteiger partial charge in [-0.05, 0) is 64.4 Å². The Morgan fingerprint density at radius 2 is 0.766 bits per heavy atom. The molecule has 0 spiro atoms. The molecule has 0 atom stereocenters. The Kier molecular flexibility index (Phi) is 6.43. The van der Waals surface area contributed by atoms with Gasteiger partial charge in [0.25, 0.3) is 0 Å². The monoisotopic (exact) mass is 600 g/mol. The van der Waals surface area contributed by atoms with Crippen LogP contribution in [0.5, 0.6) is 0 Å². The molecule has 0 radical (unpaired) electrons. The minimum absolute atomic E-state index is 0.638. The van der Waals surface area contributed by atoms with Gasteiger partial charge in [-0.15, -0.1) is 0 Å². The maximum atomic E-state index is 5.03. The van der Waals surface area contributed by atoms with Crippen molar-refractivity contribution in [2.75, 3.05) is 0 Å². The summed E-state index contributed by atoms with van der Waals surface area (Å²) in [6.07, 6.45) is 0. The van der Waals surface area contributed by atoms with Gasteiger partial charge in [-0.2, -0.15) is 0 Å². The number of nitrogens with zero attached hydrogens (tertiary/aromatic N) is 4. The van der Waals surface area contributed by atoms with Crippen LogP contribution in [0.4, 0.5) is 0 Å². The SMILES string of the molecule is c1ccc(-c2ccc(-c3nc(-c4ccc(-n5c6ccccc6c6ccccc65)cc4)nc(-c4ccc5ccccc5c4)n3)cc2)cc1. The molecule has 0 bridgehead atoms. The number of benzene rings is 7. The Labute approximate surface area is 272 Å². The second kappa shape index (κ2) is 11.2. The van der Waals surface area contributed by atoms with Crippen LogP contribution in [0.1, 0.15) is 0 Å². The number of rotatable bonds is 5. The van der Waals surface area contributed by atoms with Crippen LogP contribution in [-0.4, -0.2) is 19.5 Å². The predicted molar refractivity (Wildman–Crippen MR) is 193 cm³/mol. The second-order valence-electron chi connectivity index (χ2n) is 11.7. The molecule has 47 heavy (non-hydrogen) atoms. The van der Waals surface area contributed by atoms with Gasteiger partial charge in [0.2, 0.25) is 0 Å². The molecule has 9 aromatic rings. The minimum atomic E-state index is 0.638. The Balaban J connectivity index is 1.16. The third-order valence-electron chi connectivity index (χ3n) is 8.86. The van der Waals surface area contributed by atoms with Crippen molar-refractivity contribution in [2.45, 2.75) is 0 Å². The van der Waals surface area contributed by atoms with E-state index in [-0.39, 0.29) is 0 Å². The van der Waals surface area contributed by atoms with E-state index in [0.717, 1.165) is 33.3 Å². The summed E-state index contributed by atoms with van der Waals surface area (Å²) in [5.74, 6) is 1.93. The van der Waals surface area contributed by atoms with E-state index >= 15 is 0 Å². The van der Waals surface area contributed by atoms with E-state index in [0.29, 0.717) is 17.5 Å². The lowest BCUT2D eigenvalue weighted by atomic mass is 10.0. The molecule has 0 aliphatic rings. The van der Waals surface area contributed by atoms with Crippen molar-refractivity contribution in [1.29, 1.82) is 0 Å². The number of hydrogen-bond donors (Lipinski definition) is 0. The van der Waals surface area contributed by atoms with Gasteiger partial charge in [0.05, 0.1) is 11.0 Å². The van der Waals surface area contributed by atoms with Crippen LogP contribution >= 0.6 is 0 Å². The average Bonchev–Trinajstić information content (AvgIpc) is 3.49. The van der Waals surface area contributed by atoms with E-state index in [1.807, 2.05) is 6.07 Å². The Morgan fingerprint density at radius 3 is 1.40 bits per heavy atom. The molecule has 0 saturated heterocycles. The molecule has 4 nitrogen and oxygen atoms in total. The number of para-hydroxylation sites is 2. The zero-order valence-electron chi connectivity index (χ0n) is 25.5. The number of aromatic nitrogens is 4.